The Labute approximate surface area is 144 Å². The van der Waals surface area contributed by atoms with E-state index in [4.69, 9.17) is 10.5 Å². The molecule has 0 spiro atoms. The number of benzene rings is 1. The molecule has 8 heteroatoms. The number of carbonyl (C=O) groups is 3. The number of amides is 4. The minimum absolute atomic E-state index is 0.270. The predicted octanol–water partition coefficient (Wildman–Crippen LogP) is 1.45. The number of nitrogens with one attached hydrogen (secondary N) is 2. The Balaban J connectivity index is 2.00. The number of urea groups is 1. The summed E-state index contributed by atoms with van der Waals surface area (Å²) in [6, 6.07) is 9.17. The highest BCUT2D eigenvalue weighted by atomic mass is 16.5. The maximum Gasteiger partial charge on any atom is 0.318 e. The average molecular weight is 344 g/mol. The van der Waals surface area contributed by atoms with Gasteiger partial charge in [-0.15, -0.1) is 0 Å². The summed E-state index contributed by atoms with van der Waals surface area (Å²) in [5.41, 5.74) is 9.95. The molecule has 0 aliphatic carbocycles. The van der Waals surface area contributed by atoms with E-state index in [1.807, 2.05) is 31.3 Å². The fourth-order valence-electron chi connectivity index (χ4n) is 2.18. The fraction of sp³-hybridized carbons (Fsp3) is 0.235. The molecule has 1 aromatic heterocycles. The lowest BCUT2D eigenvalue weighted by atomic mass is 10.2. The maximum absolute atomic E-state index is 12.3. The zero-order valence-corrected chi connectivity index (χ0v) is 14.2. The number of hydrogen-bond acceptors (Lipinski definition) is 4. The van der Waals surface area contributed by atoms with E-state index in [1.54, 1.807) is 28.9 Å². The summed E-state index contributed by atoms with van der Waals surface area (Å²) in [5, 5.41) is 1.94. The first-order valence-corrected chi connectivity index (χ1v) is 7.61. The third-order valence-electron chi connectivity index (χ3n) is 3.53. The van der Waals surface area contributed by atoms with Crippen molar-refractivity contribution in [3.8, 4) is 5.75 Å². The molecule has 132 valence electrons. The van der Waals surface area contributed by atoms with Gasteiger partial charge in [-0.05, 0) is 57.2 Å². The van der Waals surface area contributed by atoms with Crippen molar-refractivity contribution in [3.63, 3.8) is 0 Å². The Morgan fingerprint density at radius 1 is 1.04 bits per heavy atom. The van der Waals surface area contributed by atoms with Gasteiger partial charge in [0.2, 0.25) is 0 Å². The van der Waals surface area contributed by atoms with Gasteiger partial charge in [-0.2, -0.15) is 0 Å². The van der Waals surface area contributed by atoms with Gasteiger partial charge in [-0.25, -0.2) is 4.79 Å². The Morgan fingerprint density at radius 3 is 2.12 bits per heavy atom. The first-order chi connectivity index (χ1) is 11.8. The predicted molar refractivity (Wildman–Crippen MR) is 91.9 cm³/mol. The molecular weight excluding hydrogens is 324 g/mol. The van der Waals surface area contributed by atoms with Crippen LogP contribution >= 0.6 is 0 Å². The molecule has 4 N–H and O–H groups in total. The van der Waals surface area contributed by atoms with E-state index in [1.165, 1.54) is 6.92 Å². The monoisotopic (exact) mass is 344 g/mol. The van der Waals surface area contributed by atoms with Gasteiger partial charge in [0.15, 0.2) is 6.10 Å². The molecule has 25 heavy (non-hydrogen) atoms. The van der Waals surface area contributed by atoms with E-state index in [0.717, 1.165) is 11.4 Å². The molecule has 1 aromatic carbocycles. The molecule has 2 rings (SSSR count). The summed E-state index contributed by atoms with van der Waals surface area (Å²) in [4.78, 5) is 34.5. The number of primary amides is 1. The second-order valence-corrected chi connectivity index (χ2v) is 5.53. The number of aromatic nitrogens is 1. The molecule has 0 radical (unpaired) electrons. The number of nitrogens with two attached hydrogens (primary N) is 1. The normalized spacial score (nSPS) is 11.5. The lowest BCUT2D eigenvalue weighted by Crippen LogP contribution is -2.42. The zero-order valence-electron chi connectivity index (χ0n) is 14.2. The minimum atomic E-state index is -0.942. The SMILES string of the molecule is Cc1ccc(C)n1NC(=O)c1ccc(O[C@@H](C)C(=O)NC(N)=O)cc1. The topological polar surface area (TPSA) is 115 Å². The van der Waals surface area contributed by atoms with Crippen LogP contribution in [0, 0.1) is 13.8 Å². The molecular formula is C17H20N4O4. The molecule has 1 atom stereocenters. The van der Waals surface area contributed by atoms with Crippen LogP contribution in [0.3, 0.4) is 0 Å². The maximum atomic E-state index is 12.3. The van der Waals surface area contributed by atoms with Crippen LogP contribution < -0.4 is 21.2 Å². The Hall–Kier alpha value is -3.29. The molecule has 0 saturated heterocycles. The van der Waals surface area contributed by atoms with Crippen LogP contribution in [-0.2, 0) is 4.79 Å². The van der Waals surface area contributed by atoms with Crippen LogP contribution in [0.2, 0.25) is 0 Å². The van der Waals surface area contributed by atoms with Crippen LogP contribution in [0.5, 0.6) is 5.75 Å². The van der Waals surface area contributed by atoms with Gasteiger partial charge >= 0.3 is 6.03 Å². The van der Waals surface area contributed by atoms with E-state index in [2.05, 4.69) is 5.43 Å². The first-order valence-electron chi connectivity index (χ1n) is 7.61. The zero-order chi connectivity index (χ0) is 18.6. The molecule has 0 bridgehead atoms. The average Bonchev–Trinajstić information content (AvgIpc) is 2.86. The van der Waals surface area contributed by atoms with Crippen molar-refractivity contribution in [1.29, 1.82) is 0 Å². The van der Waals surface area contributed by atoms with Crippen LogP contribution in [0.1, 0.15) is 28.7 Å². The smallest absolute Gasteiger partial charge is 0.318 e. The Bertz CT molecular complexity index is 776. The van der Waals surface area contributed by atoms with E-state index >= 15 is 0 Å². The number of carbonyl (C=O) groups excluding carboxylic acids is 3. The second-order valence-electron chi connectivity index (χ2n) is 5.53. The third-order valence-corrected chi connectivity index (χ3v) is 3.53. The van der Waals surface area contributed by atoms with Crippen molar-refractivity contribution in [2.75, 3.05) is 5.43 Å². The molecule has 8 nitrogen and oxygen atoms in total. The van der Waals surface area contributed by atoms with Crippen LogP contribution in [0.4, 0.5) is 4.79 Å². The Morgan fingerprint density at radius 2 is 1.60 bits per heavy atom. The fourth-order valence-corrected chi connectivity index (χ4v) is 2.18. The third kappa shape index (κ3) is 4.60. The quantitative estimate of drug-likeness (QED) is 0.761. The molecule has 0 unspecified atom stereocenters. The van der Waals surface area contributed by atoms with Crippen molar-refractivity contribution in [2.24, 2.45) is 5.73 Å². The summed E-state index contributed by atoms with van der Waals surface area (Å²) in [5.74, 6) is -0.529. The number of hydrogen-bond donors (Lipinski definition) is 3. The largest absolute Gasteiger partial charge is 0.481 e. The lowest BCUT2D eigenvalue weighted by Gasteiger charge is -2.14. The van der Waals surface area contributed by atoms with E-state index < -0.39 is 18.0 Å². The highest BCUT2D eigenvalue weighted by Gasteiger charge is 2.16. The van der Waals surface area contributed by atoms with Gasteiger partial charge < -0.3 is 10.5 Å². The van der Waals surface area contributed by atoms with Gasteiger partial charge in [-0.3, -0.25) is 25.0 Å². The molecule has 1 heterocycles. The first kappa shape index (κ1) is 18.1. The summed E-state index contributed by atoms with van der Waals surface area (Å²) < 4.78 is 7.10. The summed E-state index contributed by atoms with van der Waals surface area (Å²) in [6.07, 6.45) is -0.905. The van der Waals surface area contributed by atoms with Gasteiger partial charge in [0, 0.05) is 17.0 Å². The molecule has 4 amide bonds. The van der Waals surface area contributed by atoms with E-state index in [0.29, 0.717) is 11.3 Å². The van der Waals surface area contributed by atoms with Crippen molar-refractivity contribution in [2.45, 2.75) is 26.9 Å². The van der Waals surface area contributed by atoms with E-state index in [9.17, 15) is 14.4 Å². The number of rotatable bonds is 5. The van der Waals surface area contributed by atoms with Crippen molar-refractivity contribution >= 4 is 17.8 Å². The van der Waals surface area contributed by atoms with E-state index in [-0.39, 0.29) is 5.91 Å². The summed E-state index contributed by atoms with van der Waals surface area (Å²) in [7, 11) is 0. The highest BCUT2D eigenvalue weighted by molar-refractivity contribution is 6.00. The standard InChI is InChI=1S/C17H20N4O4/c1-10-4-5-11(2)21(10)20-16(23)13-6-8-14(9-7-13)25-12(3)15(22)19-17(18)24/h4-9,12H,1-3H3,(H,20,23)(H3,18,19,22,24)/t12-/m0/s1. The molecule has 0 fully saturated rings. The number of imide groups is 1. The second kappa shape index (κ2) is 7.52. The highest BCUT2D eigenvalue weighted by Crippen LogP contribution is 2.15. The number of ether oxygens (including phenoxy) is 1. The molecule has 2 aromatic rings. The van der Waals surface area contributed by atoms with Crippen molar-refractivity contribution < 1.29 is 19.1 Å². The minimum Gasteiger partial charge on any atom is -0.481 e. The number of aryl methyl sites for hydroxylation is 2. The van der Waals surface area contributed by atoms with Crippen molar-refractivity contribution in [1.82, 2.24) is 9.99 Å². The van der Waals surface area contributed by atoms with Crippen LogP contribution in [-0.4, -0.2) is 28.6 Å². The summed E-state index contributed by atoms with van der Waals surface area (Å²) >= 11 is 0. The van der Waals surface area contributed by atoms with Crippen LogP contribution in [0.15, 0.2) is 36.4 Å². The van der Waals surface area contributed by atoms with Crippen molar-refractivity contribution in [3.05, 3.63) is 53.3 Å². The van der Waals surface area contributed by atoms with Gasteiger partial charge in [0.25, 0.3) is 11.8 Å². The van der Waals surface area contributed by atoms with Gasteiger partial charge in [0.1, 0.15) is 5.75 Å². The molecule has 0 saturated carbocycles. The molecule has 0 aliphatic heterocycles. The summed E-state index contributed by atoms with van der Waals surface area (Å²) in [6.45, 7) is 5.27. The number of nitrogens with zero attached hydrogens (tertiary/aromatic N) is 1. The van der Waals surface area contributed by atoms with Gasteiger partial charge in [0.05, 0.1) is 0 Å². The van der Waals surface area contributed by atoms with Gasteiger partial charge in [-0.1, -0.05) is 0 Å². The van der Waals surface area contributed by atoms with Crippen LogP contribution in [0.25, 0.3) is 0 Å². The molecule has 0 aliphatic rings. The Kier molecular flexibility index (Phi) is 5.43. The lowest BCUT2D eigenvalue weighted by molar-refractivity contribution is -0.126.